The number of esters is 2. The predicted molar refractivity (Wildman–Crippen MR) is 97.0 cm³/mol. The maximum atomic E-state index is 12.3. The number of nitrogens with one attached hydrogen (secondary N) is 1. The molecule has 0 spiro atoms. The number of rotatable bonds is 5. The molecule has 0 unspecified atom stereocenters. The predicted octanol–water partition coefficient (Wildman–Crippen LogP) is 3.44. The summed E-state index contributed by atoms with van der Waals surface area (Å²) in [6.07, 6.45) is 0. The fourth-order valence-electron chi connectivity index (χ4n) is 2.13. The van der Waals surface area contributed by atoms with Crippen LogP contribution in [0.5, 0.6) is 0 Å². The second kappa shape index (κ2) is 8.29. The lowest BCUT2D eigenvalue weighted by atomic mass is 10.1. The number of ether oxygens (including phenoxy) is 2. The highest BCUT2D eigenvalue weighted by atomic mass is 16.6. The molecule has 0 aliphatic heterocycles. The summed E-state index contributed by atoms with van der Waals surface area (Å²) in [6.45, 7) is 4.67. The van der Waals surface area contributed by atoms with Crippen LogP contribution in [0.15, 0.2) is 54.6 Å². The molecule has 0 fully saturated rings. The minimum absolute atomic E-state index is 0.153. The molecule has 0 saturated heterocycles. The zero-order valence-corrected chi connectivity index (χ0v) is 14.9. The second-order valence-electron chi connectivity index (χ2n) is 6.53. The summed E-state index contributed by atoms with van der Waals surface area (Å²) in [6, 6.07) is 15.1. The zero-order chi connectivity index (χ0) is 19.2. The van der Waals surface area contributed by atoms with Gasteiger partial charge in [0.15, 0.2) is 6.61 Å². The summed E-state index contributed by atoms with van der Waals surface area (Å²) in [7, 11) is 0. The third kappa shape index (κ3) is 5.73. The van der Waals surface area contributed by atoms with E-state index in [4.69, 9.17) is 9.47 Å². The SMILES string of the molecule is CC(C)(C)OC(=O)COC(=O)c1ccccc1NC(=O)c1ccccc1. The maximum absolute atomic E-state index is 12.3. The molecule has 0 heterocycles. The van der Waals surface area contributed by atoms with E-state index in [9.17, 15) is 14.4 Å². The Labute approximate surface area is 152 Å². The van der Waals surface area contributed by atoms with Gasteiger partial charge >= 0.3 is 11.9 Å². The smallest absolute Gasteiger partial charge is 0.344 e. The van der Waals surface area contributed by atoms with Crippen LogP contribution in [0.2, 0.25) is 0 Å². The number of carbonyl (C=O) groups is 3. The summed E-state index contributed by atoms with van der Waals surface area (Å²) >= 11 is 0. The van der Waals surface area contributed by atoms with E-state index in [2.05, 4.69) is 5.32 Å². The van der Waals surface area contributed by atoms with Gasteiger partial charge in [-0.25, -0.2) is 9.59 Å². The van der Waals surface area contributed by atoms with Crippen molar-refractivity contribution in [2.75, 3.05) is 11.9 Å². The third-order valence-corrected chi connectivity index (χ3v) is 3.17. The second-order valence-corrected chi connectivity index (χ2v) is 6.53. The Balaban J connectivity index is 2.05. The molecule has 6 heteroatoms. The topological polar surface area (TPSA) is 81.7 Å². The largest absolute Gasteiger partial charge is 0.457 e. The lowest BCUT2D eigenvalue weighted by Gasteiger charge is -2.19. The molecule has 2 aromatic rings. The highest BCUT2D eigenvalue weighted by Gasteiger charge is 2.20. The van der Waals surface area contributed by atoms with Crippen LogP contribution < -0.4 is 5.32 Å². The lowest BCUT2D eigenvalue weighted by Crippen LogP contribution is -2.27. The lowest BCUT2D eigenvalue weighted by molar-refractivity contribution is -0.158. The Bertz CT molecular complexity index is 793. The number of benzene rings is 2. The van der Waals surface area contributed by atoms with Crippen molar-refractivity contribution in [2.24, 2.45) is 0 Å². The molecule has 6 nitrogen and oxygen atoms in total. The number of para-hydroxylation sites is 1. The third-order valence-electron chi connectivity index (χ3n) is 3.17. The van der Waals surface area contributed by atoms with Crippen LogP contribution in [0.25, 0.3) is 0 Å². The Morgan fingerprint density at radius 1 is 0.923 bits per heavy atom. The van der Waals surface area contributed by atoms with Crippen LogP contribution in [0.4, 0.5) is 5.69 Å². The molecule has 0 atom stereocenters. The molecule has 136 valence electrons. The Morgan fingerprint density at radius 3 is 2.19 bits per heavy atom. The molecule has 0 aliphatic carbocycles. The van der Waals surface area contributed by atoms with E-state index >= 15 is 0 Å². The van der Waals surface area contributed by atoms with E-state index in [1.807, 2.05) is 0 Å². The quantitative estimate of drug-likeness (QED) is 0.831. The fourth-order valence-corrected chi connectivity index (χ4v) is 2.13. The van der Waals surface area contributed by atoms with Crippen molar-refractivity contribution in [3.8, 4) is 0 Å². The van der Waals surface area contributed by atoms with Crippen molar-refractivity contribution in [2.45, 2.75) is 26.4 Å². The summed E-state index contributed by atoms with van der Waals surface area (Å²) < 4.78 is 10.1. The summed E-state index contributed by atoms with van der Waals surface area (Å²) in [5.74, 6) is -1.71. The Hall–Kier alpha value is -3.15. The number of carbonyl (C=O) groups excluding carboxylic acids is 3. The molecule has 0 bridgehead atoms. The monoisotopic (exact) mass is 355 g/mol. The van der Waals surface area contributed by atoms with Crippen LogP contribution >= 0.6 is 0 Å². The van der Waals surface area contributed by atoms with Gasteiger partial charge in [-0.3, -0.25) is 4.79 Å². The fraction of sp³-hybridized carbons (Fsp3) is 0.250. The molecular weight excluding hydrogens is 334 g/mol. The van der Waals surface area contributed by atoms with Crippen LogP contribution in [0.3, 0.4) is 0 Å². The normalized spacial score (nSPS) is 10.7. The highest BCUT2D eigenvalue weighted by molar-refractivity contribution is 6.08. The van der Waals surface area contributed by atoms with Gasteiger partial charge in [-0.05, 0) is 45.0 Å². The standard InChI is InChI=1S/C20H21NO5/c1-20(2,3)26-17(22)13-25-19(24)15-11-7-8-12-16(15)21-18(23)14-9-5-4-6-10-14/h4-12H,13H2,1-3H3,(H,21,23). The van der Waals surface area contributed by atoms with Gasteiger partial charge < -0.3 is 14.8 Å². The van der Waals surface area contributed by atoms with Crippen molar-refractivity contribution in [1.29, 1.82) is 0 Å². The molecular formula is C20H21NO5. The molecule has 0 aliphatic rings. The van der Waals surface area contributed by atoms with E-state index in [1.165, 1.54) is 6.07 Å². The van der Waals surface area contributed by atoms with Crippen molar-refractivity contribution in [1.82, 2.24) is 0 Å². The van der Waals surface area contributed by atoms with Gasteiger partial charge in [0.2, 0.25) is 0 Å². The first-order valence-corrected chi connectivity index (χ1v) is 8.11. The molecule has 1 amide bonds. The first-order valence-electron chi connectivity index (χ1n) is 8.11. The average Bonchev–Trinajstić information content (AvgIpc) is 2.59. The van der Waals surface area contributed by atoms with Gasteiger partial charge in [-0.15, -0.1) is 0 Å². The molecule has 2 rings (SSSR count). The summed E-state index contributed by atoms with van der Waals surface area (Å²) in [4.78, 5) is 36.2. The highest BCUT2D eigenvalue weighted by Crippen LogP contribution is 2.18. The van der Waals surface area contributed by atoms with E-state index in [0.29, 0.717) is 11.3 Å². The first-order chi connectivity index (χ1) is 12.3. The van der Waals surface area contributed by atoms with Crippen LogP contribution in [-0.4, -0.2) is 30.1 Å². The van der Waals surface area contributed by atoms with Gasteiger partial charge in [0, 0.05) is 5.56 Å². The molecule has 0 aromatic heterocycles. The zero-order valence-electron chi connectivity index (χ0n) is 14.9. The van der Waals surface area contributed by atoms with E-state index in [0.717, 1.165) is 0 Å². The Kier molecular flexibility index (Phi) is 6.11. The van der Waals surface area contributed by atoms with Crippen molar-refractivity contribution in [3.05, 3.63) is 65.7 Å². The number of amides is 1. The summed E-state index contributed by atoms with van der Waals surface area (Å²) in [5, 5.41) is 2.68. The summed E-state index contributed by atoms with van der Waals surface area (Å²) in [5.41, 5.74) is 0.255. The maximum Gasteiger partial charge on any atom is 0.344 e. The van der Waals surface area contributed by atoms with E-state index < -0.39 is 24.1 Å². The van der Waals surface area contributed by atoms with Crippen molar-refractivity contribution in [3.63, 3.8) is 0 Å². The number of hydrogen-bond acceptors (Lipinski definition) is 5. The average molecular weight is 355 g/mol. The Morgan fingerprint density at radius 2 is 1.54 bits per heavy atom. The molecule has 1 N–H and O–H groups in total. The van der Waals surface area contributed by atoms with Gasteiger partial charge in [-0.1, -0.05) is 30.3 Å². The van der Waals surface area contributed by atoms with Crippen LogP contribution in [0, 0.1) is 0 Å². The molecule has 26 heavy (non-hydrogen) atoms. The van der Waals surface area contributed by atoms with E-state index in [1.54, 1.807) is 69.3 Å². The molecule has 2 aromatic carbocycles. The van der Waals surface area contributed by atoms with Gasteiger partial charge in [0.05, 0.1) is 11.3 Å². The van der Waals surface area contributed by atoms with Gasteiger partial charge in [0.1, 0.15) is 5.60 Å². The minimum Gasteiger partial charge on any atom is -0.457 e. The molecule has 0 radical (unpaired) electrons. The van der Waals surface area contributed by atoms with Crippen molar-refractivity contribution >= 4 is 23.5 Å². The van der Waals surface area contributed by atoms with Crippen LogP contribution in [-0.2, 0) is 14.3 Å². The van der Waals surface area contributed by atoms with Crippen LogP contribution in [0.1, 0.15) is 41.5 Å². The molecule has 0 saturated carbocycles. The van der Waals surface area contributed by atoms with Gasteiger partial charge in [-0.2, -0.15) is 0 Å². The van der Waals surface area contributed by atoms with Gasteiger partial charge in [0.25, 0.3) is 5.91 Å². The number of hydrogen-bond donors (Lipinski definition) is 1. The minimum atomic E-state index is -0.722. The number of anilines is 1. The van der Waals surface area contributed by atoms with Crippen molar-refractivity contribution < 1.29 is 23.9 Å². The first kappa shape index (κ1) is 19.2. The van der Waals surface area contributed by atoms with E-state index in [-0.39, 0.29) is 11.5 Å².